The molecule has 0 aliphatic carbocycles. The van der Waals surface area contributed by atoms with Crippen LogP contribution < -0.4 is 0 Å². The van der Waals surface area contributed by atoms with Gasteiger partial charge in [0.25, 0.3) is 0 Å². The summed E-state index contributed by atoms with van der Waals surface area (Å²) in [5, 5.41) is 10.4. The fourth-order valence-corrected chi connectivity index (χ4v) is 3.57. The molecule has 2 heterocycles. The van der Waals surface area contributed by atoms with Crippen molar-refractivity contribution in [1.29, 1.82) is 0 Å². The van der Waals surface area contributed by atoms with Crippen LogP contribution in [-0.2, 0) is 16.1 Å². The van der Waals surface area contributed by atoms with Crippen LogP contribution in [0.1, 0.15) is 12.0 Å². The van der Waals surface area contributed by atoms with E-state index in [-0.39, 0.29) is 19.6 Å². The molecular weight excluding hydrogens is 425 g/mol. The predicted octanol–water partition coefficient (Wildman–Crippen LogP) is 5.39. The number of nitrogens with zero attached hydrogens (tertiary/aromatic N) is 3. The van der Waals surface area contributed by atoms with Crippen LogP contribution in [0.5, 0.6) is 0 Å². The van der Waals surface area contributed by atoms with E-state index < -0.39 is 5.97 Å². The lowest BCUT2D eigenvalue weighted by Crippen LogP contribution is -2.04. The van der Waals surface area contributed by atoms with Gasteiger partial charge in [-0.25, -0.2) is 9.97 Å². The van der Waals surface area contributed by atoms with Crippen LogP contribution in [0.25, 0.3) is 27.8 Å². The van der Waals surface area contributed by atoms with Crippen molar-refractivity contribution in [3.05, 3.63) is 76.8 Å². The maximum Gasteiger partial charge on any atom is 0.305 e. The molecule has 1 N–H and O–H groups in total. The van der Waals surface area contributed by atoms with Crippen LogP contribution in [0.2, 0.25) is 10.0 Å². The van der Waals surface area contributed by atoms with Crippen molar-refractivity contribution in [2.75, 3.05) is 6.61 Å². The van der Waals surface area contributed by atoms with Crippen molar-refractivity contribution < 1.29 is 14.6 Å². The summed E-state index contributed by atoms with van der Waals surface area (Å²) in [7, 11) is 0. The number of carbonyl (C=O) groups is 1. The Labute approximate surface area is 182 Å². The Morgan fingerprint density at radius 1 is 1.17 bits per heavy atom. The number of halogens is 2. The molecule has 0 saturated carbocycles. The second-order valence-corrected chi connectivity index (χ2v) is 7.39. The van der Waals surface area contributed by atoms with Crippen molar-refractivity contribution in [2.45, 2.75) is 13.0 Å². The second kappa shape index (κ2) is 8.83. The highest BCUT2D eigenvalue weighted by Crippen LogP contribution is 2.35. The van der Waals surface area contributed by atoms with Gasteiger partial charge in [0.2, 0.25) is 0 Å². The molecule has 4 aromatic rings. The highest BCUT2D eigenvalue weighted by molar-refractivity contribution is 6.45. The Morgan fingerprint density at radius 2 is 2.00 bits per heavy atom. The Hall–Kier alpha value is -2.93. The van der Waals surface area contributed by atoms with Crippen molar-refractivity contribution in [1.82, 2.24) is 14.5 Å². The molecule has 0 atom stereocenters. The van der Waals surface area contributed by atoms with E-state index >= 15 is 0 Å². The quantitative estimate of drug-likeness (QED) is 0.389. The van der Waals surface area contributed by atoms with E-state index in [1.54, 1.807) is 18.6 Å². The summed E-state index contributed by atoms with van der Waals surface area (Å²) < 4.78 is 7.45. The molecule has 6 nitrogen and oxygen atoms in total. The van der Waals surface area contributed by atoms with Gasteiger partial charge in [0, 0.05) is 23.3 Å². The number of aliphatic carboxylic acids is 1. The normalized spacial score (nSPS) is 11.1. The fourth-order valence-electron chi connectivity index (χ4n) is 3.21. The Balaban J connectivity index is 1.82. The molecule has 0 saturated heterocycles. The summed E-state index contributed by atoms with van der Waals surface area (Å²) >= 11 is 12.7. The molecule has 0 amide bonds. The van der Waals surface area contributed by atoms with Gasteiger partial charge in [0.05, 0.1) is 52.9 Å². The number of ether oxygens (including phenoxy) is 1. The van der Waals surface area contributed by atoms with Crippen molar-refractivity contribution in [3.8, 4) is 16.9 Å². The van der Waals surface area contributed by atoms with Crippen LogP contribution in [0.15, 0.2) is 61.2 Å². The van der Waals surface area contributed by atoms with Crippen molar-refractivity contribution in [3.63, 3.8) is 0 Å². The maximum atomic E-state index is 10.7. The molecule has 4 rings (SSSR count). The van der Waals surface area contributed by atoms with Crippen LogP contribution in [0.4, 0.5) is 0 Å². The van der Waals surface area contributed by atoms with Gasteiger partial charge in [-0.2, -0.15) is 0 Å². The molecule has 0 fully saturated rings. The van der Waals surface area contributed by atoms with Gasteiger partial charge in [-0.1, -0.05) is 47.5 Å². The zero-order valence-corrected chi connectivity index (χ0v) is 17.3. The molecule has 0 radical (unpaired) electrons. The van der Waals surface area contributed by atoms with E-state index in [1.807, 2.05) is 47.2 Å². The molecule has 0 spiro atoms. The number of carboxylic acids is 1. The minimum absolute atomic E-state index is 0.0464. The third-order valence-corrected chi connectivity index (χ3v) is 5.44. The molecule has 152 valence electrons. The molecule has 0 unspecified atom stereocenters. The van der Waals surface area contributed by atoms with E-state index in [4.69, 9.17) is 38.0 Å². The summed E-state index contributed by atoms with van der Waals surface area (Å²) in [6.07, 6.45) is 5.22. The summed E-state index contributed by atoms with van der Waals surface area (Å²) in [6, 6.07) is 13.3. The minimum Gasteiger partial charge on any atom is -0.481 e. The van der Waals surface area contributed by atoms with Gasteiger partial charge in [-0.15, -0.1) is 0 Å². The predicted molar refractivity (Wildman–Crippen MR) is 116 cm³/mol. The van der Waals surface area contributed by atoms with Gasteiger partial charge < -0.3 is 14.4 Å². The van der Waals surface area contributed by atoms with Crippen molar-refractivity contribution in [2.24, 2.45) is 0 Å². The third kappa shape index (κ3) is 4.16. The molecule has 0 aliphatic rings. The first-order valence-electron chi connectivity index (χ1n) is 9.19. The monoisotopic (exact) mass is 441 g/mol. The van der Waals surface area contributed by atoms with E-state index in [0.717, 1.165) is 22.2 Å². The highest BCUT2D eigenvalue weighted by Gasteiger charge is 2.15. The molecular formula is C22H17Cl2N3O3. The summed E-state index contributed by atoms with van der Waals surface area (Å²) in [5.74, 6) is -0.893. The van der Waals surface area contributed by atoms with E-state index in [9.17, 15) is 4.79 Å². The van der Waals surface area contributed by atoms with Gasteiger partial charge >= 0.3 is 5.97 Å². The number of benzene rings is 2. The first-order valence-corrected chi connectivity index (χ1v) is 9.95. The molecule has 0 bridgehead atoms. The lowest BCUT2D eigenvalue weighted by Gasteiger charge is -2.14. The third-order valence-electron chi connectivity index (χ3n) is 4.64. The average molecular weight is 442 g/mol. The van der Waals surface area contributed by atoms with E-state index in [1.165, 1.54) is 0 Å². The van der Waals surface area contributed by atoms with Gasteiger partial charge in [-0.3, -0.25) is 4.79 Å². The summed E-state index contributed by atoms with van der Waals surface area (Å²) in [4.78, 5) is 19.7. The number of hydrogen-bond donors (Lipinski definition) is 1. The summed E-state index contributed by atoms with van der Waals surface area (Å²) in [6.45, 7) is 0.406. The Bertz CT molecular complexity index is 1210. The summed E-state index contributed by atoms with van der Waals surface area (Å²) in [5.41, 5.74) is 3.92. The standard InChI is InChI=1S/C22H17Cl2N3O3/c23-17-6-5-16-19(27-9-8-25-13-27)11-18(26-22(16)21(17)24)15-4-2-1-3-14(15)12-30-10-7-20(28)29/h1-6,8-9,11,13H,7,10,12H2,(H,28,29). The van der Waals surface area contributed by atoms with Gasteiger partial charge in [0.15, 0.2) is 0 Å². The largest absolute Gasteiger partial charge is 0.481 e. The fraction of sp³-hybridized carbons (Fsp3) is 0.136. The molecule has 0 aliphatic heterocycles. The van der Waals surface area contributed by atoms with Gasteiger partial charge in [0.1, 0.15) is 0 Å². The minimum atomic E-state index is -0.893. The topological polar surface area (TPSA) is 77.2 Å². The zero-order chi connectivity index (χ0) is 21.1. The van der Waals surface area contributed by atoms with Crippen LogP contribution in [0, 0.1) is 0 Å². The van der Waals surface area contributed by atoms with Crippen LogP contribution >= 0.6 is 23.2 Å². The highest BCUT2D eigenvalue weighted by atomic mass is 35.5. The number of pyridine rings is 1. The number of hydrogen-bond acceptors (Lipinski definition) is 4. The number of carboxylic acid groups (broad SMARTS) is 1. The smallest absolute Gasteiger partial charge is 0.305 e. The second-order valence-electron chi connectivity index (χ2n) is 6.61. The molecule has 8 heteroatoms. The number of aromatic nitrogens is 3. The van der Waals surface area contributed by atoms with E-state index in [2.05, 4.69) is 4.98 Å². The zero-order valence-electron chi connectivity index (χ0n) is 15.8. The first-order chi connectivity index (χ1) is 14.5. The lowest BCUT2D eigenvalue weighted by molar-refractivity contribution is -0.138. The van der Waals surface area contributed by atoms with Crippen molar-refractivity contribution >= 4 is 40.1 Å². The first kappa shape index (κ1) is 20.3. The molecule has 2 aromatic carbocycles. The van der Waals surface area contributed by atoms with Crippen LogP contribution in [-0.4, -0.2) is 32.2 Å². The SMILES string of the molecule is O=C(O)CCOCc1ccccc1-c1cc(-n2ccnc2)c2ccc(Cl)c(Cl)c2n1. The van der Waals surface area contributed by atoms with Gasteiger partial charge in [-0.05, 0) is 23.8 Å². The maximum absolute atomic E-state index is 10.7. The molecule has 30 heavy (non-hydrogen) atoms. The lowest BCUT2D eigenvalue weighted by atomic mass is 10.0. The van der Waals surface area contributed by atoms with E-state index in [0.29, 0.717) is 21.3 Å². The Kier molecular flexibility index (Phi) is 5.99. The Morgan fingerprint density at radius 3 is 2.77 bits per heavy atom. The number of fused-ring (bicyclic) bond motifs is 1. The number of imidazole rings is 1. The molecule has 2 aromatic heterocycles. The van der Waals surface area contributed by atoms with Crippen LogP contribution in [0.3, 0.4) is 0 Å². The number of rotatable bonds is 7. The average Bonchev–Trinajstić information content (AvgIpc) is 3.28.